The predicted molar refractivity (Wildman–Crippen MR) is 120 cm³/mol. The first-order valence-corrected chi connectivity index (χ1v) is 10.7. The summed E-state index contributed by atoms with van der Waals surface area (Å²) in [4.78, 5) is 6.22. The number of anilines is 1. The van der Waals surface area contributed by atoms with E-state index in [1.165, 1.54) is 6.07 Å². The van der Waals surface area contributed by atoms with Crippen LogP contribution in [-0.4, -0.2) is 43.0 Å². The number of ether oxygens (including phenoxy) is 3. The van der Waals surface area contributed by atoms with Crippen molar-refractivity contribution in [3.05, 3.63) is 77.7 Å². The van der Waals surface area contributed by atoms with Gasteiger partial charge in [-0.15, -0.1) is 0 Å². The van der Waals surface area contributed by atoms with Gasteiger partial charge in [-0.1, -0.05) is 18.2 Å². The van der Waals surface area contributed by atoms with E-state index in [2.05, 4.69) is 9.88 Å². The van der Waals surface area contributed by atoms with Crippen molar-refractivity contribution < 1.29 is 23.7 Å². The van der Waals surface area contributed by atoms with Crippen LogP contribution in [0.5, 0.6) is 17.4 Å². The van der Waals surface area contributed by atoms with E-state index in [0.29, 0.717) is 31.2 Å². The van der Waals surface area contributed by atoms with Crippen LogP contribution in [0.15, 0.2) is 60.8 Å². The fraction of sp³-hybridized carbons (Fsp3) is 0.320. The number of rotatable bonds is 9. The number of hydrogen-bond donors (Lipinski definition) is 1. The van der Waals surface area contributed by atoms with Gasteiger partial charge in [0.25, 0.3) is 0 Å². The van der Waals surface area contributed by atoms with Crippen molar-refractivity contribution in [2.45, 2.75) is 25.6 Å². The molecule has 0 amide bonds. The number of para-hydroxylation sites is 1. The third-order valence-corrected chi connectivity index (χ3v) is 5.41. The first-order chi connectivity index (χ1) is 15.7. The highest BCUT2D eigenvalue weighted by Gasteiger charge is 2.26. The molecule has 6 nitrogen and oxygen atoms in total. The molecule has 1 saturated heterocycles. The van der Waals surface area contributed by atoms with Crippen LogP contribution in [0.2, 0.25) is 0 Å². The highest BCUT2D eigenvalue weighted by atomic mass is 19.1. The number of nitrogens with zero attached hydrogens (tertiary/aromatic N) is 2. The Morgan fingerprint density at radius 3 is 2.78 bits per heavy atom. The molecular weight excluding hydrogens is 411 g/mol. The van der Waals surface area contributed by atoms with Gasteiger partial charge in [-0.25, -0.2) is 9.37 Å². The number of pyridine rings is 1. The molecule has 2 aromatic carbocycles. The Morgan fingerprint density at radius 1 is 1.12 bits per heavy atom. The van der Waals surface area contributed by atoms with Gasteiger partial charge in [0.15, 0.2) is 0 Å². The number of methoxy groups -OCH3 is 1. The first kappa shape index (κ1) is 22.0. The van der Waals surface area contributed by atoms with Crippen LogP contribution in [0, 0.1) is 5.82 Å². The molecule has 0 spiro atoms. The lowest BCUT2D eigenvalue weighted by Gasteiger charge is -2.23. The summed E-state index contributed by atoms with van der Waals surface area (Å²) < 4.78 is 30.4. The van der Waals surface area contributed by atoms with Crippen molar-refractivity contribution in [3.8, 4) is 17.4 Å². The Bertz CT molecular complexity index is 1030. The van der Waals surface area contributed by atoms with E-state index >= 15 is 0 Å². The molecule has 0 bridgehead atoms. The summed E-state index contributed by atoms with van der Waals surface area (Å²) in [5, 5.41) is 9.61. The molecule has 168 valence electrons. The minimum Gasteiger partial charge on any atom is -0.472 e. The molecule has 1 aliphatic heterocycles. The lowest BCUT2D eigenvalue weighted by molar-refractivity contribution is 0.182. The summed E-state index contributed by atoms with van der Waals surface area (Å²) >= 11 is 0. The molecule has 4 rings (SSSR count). The zero-order valence-electron chi connectivity index (χ0n) is 18.0. The summed E-state index contributed by atoms with van der Waals surface area (Å²) in [6, 6.07) is 16.6. The molecule has 2 heterocycles. The van der Waals surface area contributed by atoms with Gasteiger partial charge in [0.2, 0.25) is 5.88 Å². The number of aromatic nitrogens is 1. The highest BCUT2D eigenvalue weighted by Crippen LogP contribution is 2.33. The quantitative estimate of drug-likeness (QED) is 0.536. The third kappa shape index (κ3) is 5.36. The normalized spacial score (nSPS) is 15.7. The summed E-state index contributed by atoms with van der Waals surface area (Å²) in [7, 11) is 1.66. The average molecular weight is 438 g/mol. The topological polar surface area (TPSA) is 64.1 Å². The van der Waals surface area contributed by atoms with Crippen LogP contribution < -0.4 is 14.4 Å². The van der Waals surface area contributed by atoms with E-state index in [1.807, 2.05) is 42.5 Å². The molecule has 0 aliphatic carbocycles. The minimum absolute atomic E-state index is 0.0354. The zero-order chi connectivity index (χ0) is 22.3. The molecule has 3 aromatic rings. The molecule has 1 unspecified atom stereocenters. The van der Waals surface area contributed by atoms with Gasteiger partial charge in [0, 0.05) is 44.0 Å². The summed E-state index contributed by atoms with van der Waals surface area (Å²) in [6.45, 7) is 2.02. The largest absolute Gasteiger partial charge is 0.472 e. The molecule has 1 aromatic heterocycles. The number of aliphatic hydroxyl groups is 1. The van der Waals surface area contributed by atoms with E-state index in [4.69, 9.17) is 14.2 Å². The van der Waals surface area contributed by atoms with Gasteiger partial charge in [-0.05, 0) is 42.3 Å². The van der Waals surface area contributed by atoms with Crippen LogP contribution in [0.1, 0.15) is 17.5 Å². The lowest BCUT2D eigenvalue weighted by Crippen LogP contribution is -2.25. The Kier molecular flexibility index (Phi) is 7.19. The average Bonchev–Trinajstić information content (AvgIpc) is 3.25. The van der Waals surface area contributed by atoms with E-state index < -0.39 is 0 Å². The highest BCUT2D eigenvalue weighted by molar-refractivity contribution is 5.58. The standard InChI is InChI=1S/C25H27FN2O4/c1-30-17-19-4-2-3-5-24(19)31-21-7-8-23(18(14-21)11-13-29)28-12-10-22(16-28)32-25-9-6-20(26)15-27-25/h2-9,14-15,22,29H,10-13,16-17H2,1H3. The number of benzene rings is 2. The van der Waals surface area contributed by atoms with Crippen LogP contribution in [-0.2, 0) is 17.8 Å². The van der Waals surface area contributed by atoms with E-state index in [-0.39, 0.29) is 18.5 Å². The second-order valence-corrected chi connectivity index (χ2v) is 7.70. The van der Waals surface area contributed by atoms with Gasteiger partial charge in [0.1, 0.15) is 23.4 Å². The third-order valence-electron chi connectivity index (χ3n) is 5.41. The fourth-order valence-corrected chi connectivity index (χ4v) is 3.91. The monoisotopic (exact) mass is 438 g/mol. The van der Waals surface area contributed by atoms with Crippen molar-refractivity contribution >= 4 is 5.69 Å². The Balaban J connectivity index is 1.48. The molecule has 7 heteroatoms. The lowest BCUT2D eigenvalue weighted by atomic mass is 10.1. The van der Waals surface area contributed by atoms with Gasteiger partial charge in [-0.2, -0.15) is 0 Å². The SMILES string of the molecule is COCc1ccccc1Oc1ccc(N2CCC(Oc3ccc(F)cn3)C2)c(CCO)c1. The molecule has 1 N–H and O–H groups in total. The van der Waals surface area contributed by atoms with Crippen molar-refractivity contribution in [1.82, 2.24) is 4.98 Å². The zero-order valence-corrected chi connectivity index (χ0v) is 18.0. The van der Waals surface area contributed by atoms with Gasteiger partial charge >= 0.3 is 0 Å². The second kappa shape index (κ2) is 10.4. The van der Waals surface area contributed by atoms with Gasteiger partial charge in [-0.3, -0.25) is 0 Å². The molecular formula is C25H27FN2O4. The molecule has 1 aliphatic rings. The van der Waals surface area contributed by atoms with E-state index in [0.717, 1.165) is 41.7 Å². The maximum Gasteiger partial charge on any atom is 0.213 e. The Morgan fingerprint density at radius 2 is 2.00 bits per heavy atom. The molecule has 0 radical (unpaired) electrons. The second-order valence-electron chi connectivity index (χ2n) is 7.70. The smallest absolute Gasteiger partial charge is 0.213 e. The Hall–Kier alpha value is -3.16. The summed E-state index contributed by atoms with van der Waals surface area (Å²) in [5.74, 6) is 1.50. The van der Waals surface area contributed by atoms with E-state index in [1.54, 1.807) is 13.2 Å². The van der Waals surface area contributed by atoms with Crippen molar-refractivity contribution in [2.24, 2.45) is 0 Å². The molecule has 32 heavy (non-hydrogen) atoms. The summed E-state index contributed by atoms with van der Waals surface area (Å²) in [6.07, 6.45) is 2.48. The fourth-order valence-electron chi connectivity index (χ4n) is 3.91. The van der Waals surface area contributed by atoms with Crippen LogP contribution in [0.25, 0.3) is 0 Å². The van der Waals surface area contributed by atoms with Crippen molar-refractivity contribution in [3.63, 3.8) is 0 Å². The van der Waals surface area contributed by atoms with Gasteiger partial charge < -0.3 is 24.2 Å². The predicted octanol–water partition coefficient (Wildman–Crippen LogP) is 4.35. The first-order valence-electron chi connectivity index (χ1n) is 10.7. The number of hydrogen-bond acceptors (Lipinski definition) is 6. The minimum atomic E-state index is -0.383. The maximum absolute atomic E-state index is 13.1. The van der Waals surface area contributed by atoms with Crippen molar-refractivity contribution in [1.29, 1.82) is 0 Å². The van der Waals surface area contributed by atoms with Crippen LogP contribution in [0.4, 0.5) is 10.1 Å². The Labute approximate surface area is 187 Å². The van der Waals surface area contributed by atoms with Crippen LogP contribution >= 0.6 is 0 Å². The van der Waals surface area contributed by atoms with Gasteiger partial charge in [0.05, 0.1) is 19.3 Å². The number of aliphatic hydroxyl groups excluding tert-OH is 1. The molecule has 1 fully saturated rings. The van der Waals surface area contributed by atoms with E-state index in [9.17, 15) is 9.50 Å². The molecule has 1 atom stereocenters. The van der Waals surface area contributed by atoms with Crippen molar-refractivity contribution in [2.75, 3.05) is 31.7 Å². The molecule has 0 saturated carbocycles. The summed E-state index contributed by atoms with van der Waals surface area (Å²) in [5.41, 5.74) is 3.03. The number of halogens is 1. The maximum atomic E-state index is 13.1. The van der Waals surface area contributed by atoms with Crippen LogP contribution in [0.3, 0.4) is 0 Å².